The molecule has 1 saturated heterocycles. The first kappa shape index (κ1) is 25.3. The summed E-state index contributed by atoms with van der Waals surface area (Å²) in [5.74, 6) is 1.49. The molecule has 1 amide bonds. The van der Waals surface area contributed by atoms with E-state index in [0.717, 1.165) is 18.4 Å². The molecule has 9 nitrogen and oxygen atoms in total. The molecule has 3 aromatic carbocycles. The van der Waals surface area contributed by atoms with Crippen molar-refractivity contribution in [3.8, 4) is 23.0 Å². The zero-order valence-electron chi connectivity index (χ0n) is 21.9. The molecular weight excluding hydrogens is 500 g/mol. The van der Waals surface area contributed by atoms with Gasteiger partial charge < -0.3 is 39.8 Å². The van der Waals surface area contributed by atoms with Crippen LogP contribution in [0.3, 0.4) is 0 Å². The van der Waals surface area contributed by atoms with Crippen LogP contribution in [-0.2, 0) is 15.9 Å². The maximum absolute atomic E-state index is 13.0. The Morgan fingerprint density at radius 1 is 1.00 bits per heavy atom. The highest BCUT2D eigenvalue weighted by Crippen LogP contribution is 2.69. The largest absolute Gasteiger partial charge is 0.497 e. The summed E-state index contributed by atoms with van der Waals surface area (Å²) in [5.41, 5.74) is 4.45. The van der Waals surface area contributed by atoms with Crippen LogP contribution in [0.5, 0.6) is 23.0 Å². The Morgan fingerprint density at radius 3 is 2.46 bits per heavy atom. The van der Waals surface area contributed by atoms with E-state index in [4.69, 9.17) is 29.4 Å². The van der Waals surface area contributed by atoms with Crippen molar-refractivity contribution in [1.29, 1.82) is 0 Å². The second-order valence-corrected chi connectivity index (χ2v) is 10.1. The van der Waals surface area contributed by atoms with Crippen LogP contribution in [-0.4, -0.2) is 50.7 Å². The number of ether oxygens (including phenoxy) is 5. The molecule has 0 radical (unpaired) electrons. The number of hydrogen-bond donors (Lipinski definition) is 3. The van der Waals surface area contributed by atoms with Crippen LogP contribution in [0.2, 0.25) is 0 Å². The van der Waals surface area contributed by atoms with E-state index in [2.05, 4.69) is 5.32 Å². The van der Waals surface area contributed by atoms with E-state index in [1.54, 1.807) is 19.2 Å². The van der Waals surface area contributed by atoms with Gasteiger partial charge in [-0.3, -0.25) is 0 Å². The molecule has 2 heterocycles. The van der Waals surface area contributed by atoms with Crippen molar-refractivity contribution in [1.82, 2.24) is 5.32 Å². The van der Waals surface area contributed by atoms with E-state index in [9.17, 15) is 9.90 Å². The highest BCUT2D eigenvalue weighted by Gasteiger charge is 2.80. The summed E-state index contributed by atoms with van der Waals surface area (Å²) in [4.78, 5) is 12.6. The first-order chi connectivity index (χ1) is 19.0. The molecule has 4 N–H and O–H groups in total. The van der Waals surface area contributed by atoms with Crippen molar-refractivity contribution < 1.29 is 33.6 Å². The molecule has 6 rings (SSSR count). The Balaban J connectivity index is 1.57. The van der Waals surface area contributed by atoms with Gasteiger partial charge in [0, 0.05) is 12.1 Å². The lowest BCUT2D eigenvalue weighted by Gasteiger charge is -2.41. The number of nitrogens with one attached hydrogen (secondary N) is 1. The number of nitrogens with two attached hydrogens (primary N) is 1. The molecule has 0 spiro atoms. The molecule has 0 bridgehead atoms. The first-order valence-corrected chi connectivity index (χ1v) is 13.1. The fourth-order valence-corrected chi connectivity index (χ4v) is 6.48. The van der Waals surface area contributed by atoms with Gasteiger partial charge in [0.15, 0.2) is 17.3 Å². The lowest BCUT2D eigenvalue weighted by atomic mass is 9.71. The Morgan fingerprint density at radius 2 is 1.77 bits per heavy atom. The molecule has 3 aliphatic rings. The second kappa shape index (κ2) is 9.66. The molecule has 9 heteroatoms. The molecule has 204 valence electrons. The summed E-state index contributed by atoms with van der Waals surface area (Å²) in [6, 6.07) is 20.1. The van der Waals surface area contributed by atoms with Gasteiger partial charge in [-0.15, -0.1) is 0 Å². The van der Waals surface area contributed by atoms with Gasteiger partial charge in [-0.1, -0.05) is 42.5 Å². The molecular formula is C30H32N2O7. The van der Waals surface area contributed by atoms with Crippen molar-refractivity contribution in [2.75, 3.05) is 27.4 Å². The van der Waals surface area contributed by atoms with E-state index < -0.39 is 35.4 Å². The van der Waals surface area contributed by atoms with E-state index in [1.807, 2.05) is 54.6 Å². The van der Waals surface area contributed by atoms with Crippen LogP contribution < -0.4 is 30.0 Å². The second-order valence-electron chi connectivity index (χ2n) is 10.1. The Labute approximate surface area is 226 Å². The molecule has 3 aromatic rings. The predicted molar refractivity (Wildman–Crippen MR) is 142 cm³/mol. The minimum absolute atomic E-state index is 0.384. The lowest BCUT2D eigenvalue weighted by Crippen LogP contribution is -2.52. The van der Waals surface area contributed by atoms with Gasteiger partial charge in [-0.25, -0.2) is 4.79 Å². The van der Waals surface area contributed by atoms with E-state index in [-0.39, 0.29) is 0 Å². The minimum Gasteiger partial charge on any atom is -0.497 e. The van der Waals surface area contributed by atoms with Crippen molar-refractivity contribution in [2.24, 2.45) is 5.73 Å². The van der Waals surface area contributed by atoms with Crippen LogP contribution >= 0.6 is 0 Å². The third-order valence-corrected chi connectivity index (χ3v) is 8.08. The summed E-state index contributed by atoms with van der Waals surface area (Å²) in [7, 11) is 3.13. The highest BCUT2D eigenvalue weighted by molar-refractivity contribution is 5.74. The number of hydrogen-bond acceptors (Lipinski definition) is 8. The Kier molecular flexibility index (Phi) is 6.28. The summed E-state index contributed by atoms with van der Waals surface area (Å²) >= 11 is 0. The van der Waals surface area contributed by atoms with Gasteiger partial charge in [0.05, 0.1) is 38.3 Å². The van der Waals surface area contributed by atoms with Crippen LogP contribution in [0.25, 0.3) is 0 Å². The number of rotatable bonds is 9. The van der Waals surface area contributed by atoms with Gasteiger partial charge in [0.25, 0.3) is 0 Å². The SMILES string of the molecule is COc1ccc(C23Oc4cc(OCCCCN)cc(OC)c4C2(O)C2OC(=O)NC2C3c2ccccc2)cc1. The fraction of sp³-hybridized carbons (Fsp3) is 0.367. The van der Waals surface area contributed by atoms with Crippen LogP contribution in [0.1, 0.15) is 35.4 Å². The van der Waals surface area contributed by atoms with Gasteiger partial charge in [0.1, 0.15) is 23.0 Å². The number of methoxy groups -OCH3 is 2. The summed E-state index contributed by atoms with van der Waals surface area (Å²) < 4.78 is 30.0. The van der Waals surface area contributed by atoms with Crippen LogP contribution in [0, 0.1) is 0 Å². The highest BCUT2D eigenvalue weighted by atomic mass is 16.6. The summed E-state index contributed by atoms with van der Waals surface area (Å²) in [6.45, 7) is 1.07. The average Bonchev–Trinajstić information content (AvgIpc) is 3.53. The molecule has 2 aliphatic heterocycles. The molecule has 5 unspecified atom stereocenters. The zero-order chi connectivity index (χ0) is 27.2. The number of unbranched alkanes of at least 4 members (excludes halogenated alkanes) is 1. The van der Waals surface area contributed by atoms with Crippen molar-refractivity contribution in [3.05, 3.63) is 83.4 Å². The van der Waals surface area contributed by atoms with Crippen molar-refractivity contribution >= 4 is 6.09 Å². The van der Waals surface area contributed by atoms with E-state index >= 15 is 0 Å². The number of amides is 1. The number of benzene rings is 3. The topological polar surface area (TPSA) is 122 Å². The smallest absolute Gasteiger partial charge is 0.407 e. The molecule has 0 aromatic heterocycles. The third kappa shape index (κ3) is 3.64. The maximum Gasteiger partial charge on any atom is 0.407 e. The van der Waals surface area contributed by atoms with E-state index in [0.29, 0.717) is 47.3 Å². The number of aliphatic hydroxyl groups is 1. The zero-order valence-corrected chi connectivity index (χ0v) is 21.9. The minimum atomic E-state index is -1.80. The third-order valence-electron chi connectivity index (χ3n) is 8.08. The standard InChI is InChI=1S/C30H32N2O7/c1-35-20-12-10-19(11-13-20)30-24(18-8-4-3-5-9-18)26-27(38-28(33)32-26)29(30,34)25-22(36-2)16-21(17-23(25)39-30)37-15-7-6-14-31/h3-5,8-13,16-17,24,26-27,34H,6-7,14-15,31H2,1-2H3,(H,32,33). The van der Waals surface area contributed by atoms with Gasteiger partial charge in [0.2, 0.25) is 0 Å². The van der Waals surface area contributed by atoms with Gasteiger partial charge in [-0.2, -0.15) is 0 Å². The Hall–Kier alpha value is -3.95. The Bertz CT molecular complexity index is 1370. The number of alkyl carbamates (subject to hydrolysis) is 1. The van der Waals surface area contributed by atoms with Crippen molar-refractivity contribution in [3.63, 3.8) is 0 Å². The predicted octanol–water partition coefficient (Wildman–Crippen LogP) is 3.57. The number of carbonyl (C=O) groups is 1. The molecule has 2 fully saturated rings. The molecule has 5 atom stereocenters. The fourth-order valence-electron chi connectivity index (χ4n) is 6.48. The van der Waals surface area contributed by atoms with Crippen molar-refractivity contribution in [2.45, 2.75) is 42.1 Å². The van der Waals surface area contributed by atoms with Crippen LogP contribution in [0.4, 0.5) is 4.79 Å². The van der Waals surface area contributed by atoms with Gasteiger partial charge >= 0.3 is 6.09 Å². The van der Waals surface area contributed by atoms with E-state index in [1.165, 1.54) is 7.11 Å². The molecule has 1 aliphatic carbocycles. The summed E-state index contributed by atoms with van der Waals surface area (Å²) in [5, 5.41) is 15.9. The summed E-state index contributed by atoms with van der Waals surface area (Å²) in [6.07, 6.45) is 0.107. The molecule has 39 heavy (non-hydrogen) atoms. The molecule has 1 saturated carbocycles. The number of fused-ring (bicyclic) bond motifs is 5. The maximum atomic E-state index is 13.0. The van der Waals surface area contributed by atoms with Gasteiger partial charge in [-0.05, 0) is 42.6 Å². The lowest BCUT2D eigenvalue weighted by molar-refractivity contribution is -0.147. The normalized spacial score (nSPS) is 28.0. The first-order valence-electron chi connectivity index (χ1n) is 13.1. The quantitative estimate of drug-likeness (QED) is 0.358. The van der Waals surface area contributed by atoms with Crippen LogP contribution in [0.15, 0.2) is 66.7 Å². The monoisotopic (exact) mass is 532 g/mol. The number of carbonyl (C=O) groups excluding carboxylic acids is 1. The average molecular weight is 533 g/mol.